The van der Waals surface area contributed by atoms with E-state index in [-0.39, 0.29) is 6.04 Å². The number of methoxy groups -OCH3 is 1. The minimum Gasteiger partial charge on any atom is -0.495 e. The van der Waals surface area contributed by atoms with Crippen molar-refractivity contribution in [2.75, 3.05) is 44.7 Å². The number of benzene rings is 2. The summed E-state index contributed by atoms with van der Waals surface area (Å²) in [5.74, 6) is 0.951. The number of nitrogens with zero attached hydrogens (tertiary/aromatic N) is 2. The second-order valence-corrected chi connectivity index (χ2v) is 6.41. The van der Waals surface area contributed by atoms with Crippen LogP contribution in [0.1, 0.15) is 5.56 Å². The molecule has 2 N–H and O–H groups in total. The van der Waals surface area contributed by atoms with Gasteiger partial charge in [0.2, 0.25) is 0 Å². The van der Waals surface area contributed by atoms with Gasteiger partial charge in [-0.25, -0.2) is 0 Å². The highest BCUT2D eigenvalue weighted by Crippen LogP contribution is 2.28. The molecule has 1 fully saturated rings. The maximum atomic E-state index is 6.35. The van der Waals surface area contributed by atoms with Crippen LogP contribution in [0.15, 0.2) is 54.6 Å². The molecular formula is C20H27N3O. The molecular weight excluding hydrogens is 298 g/mol. The van der Waals surface area contributed by atoms with Crippen LogP contribution in [0.3, 0.4) is 0 Å². The van der Waals surface area contributed by atoms with Crippen molar-refractivity contribution in [1.82, 2.24) is 4.90 Å². The van der Waals surface area contributed by atoms with E-state index in [0.717, 1.165) is 44.9 Å². The number of rotatable bonds is 6. The summed E-state index contributed by atoms with van der Waals surface area (Å²) >= 11 is 0. The SMILES string of the molecule is COc1ccccc1N1CCN(C[C@H](N)Cc2ccccc2)CC1. The minimum atomic E-state index is 0.185. The van der Waals surface area contributed by atoms with Gasteiger partial charge >= 0.3 is 0 Å². The zero-order valence-electron chi connectivity index (χ0n) is 14.4. The largest absolute Gasteiger partial charge is 0.495 e. The minimum absolute atomic E-state index is 0.185. The molecule has 4 nitrogen and oxygen atoms in total. The summed E-state index contributed by atoms with van der Waals surface area (Å²) in [7, 11) is 1.73. The Morgan fingerprint density at radius 3 is 2.33 bits per heavy atom. The molecule has 4 heteroatoms. The fraction of sp³-hybridized carbons (Fsp3) is 0.400. The Hall–Kier alpha value is -2.04. The van der Waals surface area contributed by atoms with Crippen molar-refractivity contribution in [2.24, 2.45) is 5.73 Å². The lowest BCUT2D eigenvalue weighted by Crippen LogP contribution is -2.50. The van der Waals surface area contributed by atoms with E-state index in [0.29, 0.717) is 0 Å². The van der Waals surface area contributed by atoms with E-state index in [1.54, 1.807) is 7.11 Å². The van der Waals surface area contributed by atoms with E-state index in [1.165, 1.54) is 11.3 Å². The maximum absolute atomic E-state index is 6.35. The number of ether oxygens (including phenoxy) is 1. The Bertz CT molecular complexity index is 624. The summed E-state index contributed by atoms with van der Waals surface area (Å²) in [6.07, 6.45) is 0.938. The van der Waals surface area contributed by atoms with E-state index in [2.05, 4.69) is 46.2 Å². The van der Waals surface area contributed by atoms with Crippen LogP contribution in [-0.4, -0.2) is 50.8 Å². The van der Waals surface area contributed by atoms with Crippen molar-refractivity contribution in [2.45, 2.75) is 12.5 Å². The van der Waals surface area contributed by atoms with E-state index in [4.69, 9.17) is 10.5 Å². The second-order valence-electron chi connectivity index (χ2n) is 6.41. The molecule has 1 aliphatic heterocycles. The molecule has 0 aliphatic carbocycles. The van der Waals surface area contributed by atoms with Gasteiger partial charge in [-0.1, -0.05) is 42.5 Å². The zero-order chi connectivity index (χ0) is 16.8. The van der Waals surface area contributed by atoms with Gasteiger partial charge < -0.3 is 15.4 Å². The molecule has 1 heterocycles. The van der Waals surface area contributed by atoms with E-state index in [1.807, 2.05) is 18.2 Å². The van der Waals surface area contributed by atoms with Crippen molar-refractivity contribution < 1.29 is 4.74 Å². The lowest BCUT2D eigenvalue weighted by atomic mass is 10.1. The topological polar surface area (TPSA) is 41.7 Å². The predicted molar refractivity (Wildman–Crippen MR) is 99.8 cm³/mol. The molecule has 2 aromatic rings. The first-order valence-corrected chi connectivity index (χ1v) is 8.66. The fourth-order valence-corrected chi connectivity index (χ4v) is 3.38. The zero-order valence-corrected chi connectivity index (χ0v) is 14.4. The number of nitrogens with two attached hydrogens (primary N) is 1. The third-order valence-electron chi connectivity index (χ3n) is 4.63. The van der Waals surface area contributed by atoms with Gasteiger partial charge in [0.05, 0.1) is 12.8 Å². The quantitative estimate of drug-likeness (QED) is 0.885. The summed E-state index contributed by atoms with van der Waals surface area (Å²) in [4.78, 5) is 4.87. The first kappa shape index (κ1) is 16.8. The van der Waals surface area contributed by atoms with Gasteiger partial charge in [-0.3, -0.25) is 4.90 Å². The number of anilines is 1. The first-order valence-electron chi connectivity index (χ1n) is 8.66. The highest BCUT2D eigenvalue weighted by molar-refractivity contribution is 5.58. The van der Waals surface area contributed by atoms with Crippen LogP contribution in [-0.2, 0) is 6.42 Å². The van der Waals surface area contributed by atoms with Gasteiger partial charge in [-0.2, -0.15) is 0 Å². The van der Waals surface area contributed by atoms with Gasteiger partial charge in [0.25, 0.3) is 0 Å². The Balaban J connectivity index is 1.50. The molecule has 0 spiro atoms. The molecule has 2 aromatic carbocycles. The van der Waals surface area contributed by atoms with Gasteiger partial charge in [0.1, 0.15) is 5.75 Å². The predicted octanol–water partition coefficient (Wildman–Crippen LogP) is 2.39. The Kier molecular flexibility index (Phi) is 5.72. The summed E-state index contributed by atoms with van der Waals surface area (Å²) < 4.78 is 5.48. The van der Waals surface area contributed by atoms with Crippen LogP contribution in [0.4, 0.5) is 5.69 Å². The van der Waals surface area contributed by atoms with Crippen molar-refractivity contribution in [3.8, 4) is 5.75 Å². The average molecular weight is 325 g/mol. The van der Waals surface area contributed by atoms with Crippen LogP contribution >= 0.6 is 0 Å². The lowest BCUT2D eigenvalue weighted by molar-refractivity contribution is 0.241. The molecule has 3 rings (SSSR count). The number of hydrogen-bond donors (Lipinski definition) is 1. The standard InChI is InChI=1S/C20H27N3O/c1-24-20-10-6-5-9-19(20)23-13-11-22(12-14-23)16-18(21)15-17-7-3-2-4-8-17/h2-10,18H,11-16,21H2,1H3/t18-/m1/s1. The number of para-hydroxylation sites is 2. The summed E-state index contributed by atoms with van der Waals surface area (Å²) in [5.41, 5.74) is 8.86. The van der Waals surface area contributed by atoms with Crippen molar-refractivity contribution in [1.29, 1.82) is 0 Å². The number of piperazine rings is 1. The summed E-state index contributed by atoms with van der Waals surface area (Å²) in [6, 6.07) is 18.9. The van der Waals surface area contributed by atoms with Crippen LogP contribution in [0.25, 0.3) is 0 Å². The van der Waals surface area contributed by atoms with Gasteiger partial charge in [0, 0.05) is 38.8 Å². The molecule has 0 radical (unpaired) electrons. The number of hydrogen-bond acceptors (Lipinski definition) is 4. The fourth-order valence-electron chi connectivity index (χ4n) is 3.38. The maximum Gasteiger partial charge on any atom is 0.142 e. The smallest absolute Gasteiger partial charge is 0.142 e. The second kappa shape index (κ2) is 8.18. The third kappa shape index (κ3) is 4.28. The monoisotopic (exact) mass is 325 g/mol. The van der Waals surface area contributed by atoms with Crippen molar-refractivity contribution >= 4 is 5.69 Å². The third-order valence-corrected chi connectivity index (χ3v) is 4.63. The average Bonchev–Trinajstić information content (AvgIpc) is 2.63. The molecule has 1 saturated heterocycles. The summed E-state index contributed by atoms with van der Waals surface area (Å²) in [6.45, 7) is 5.06. The van der Waals surface area contributed by atoms with Crippen molar-refractivity contribution in [3.63, 3.8) is 0 Å². The van der Waals surface area contributed by atoms with Gasteiger partial charge in [-0.05, 0) is 24.1 Å². The van der Waals surface area contributed by atoms with Crippen LogP contribution < -0.4 is 15.4 Å². The Morgan fingerprint density at radius 1 is 0.958 bits per heavy atom. The Labute approximate surface area is 144 Å². The highest BCUT2D eigenvalue weighted by atomic mass is 16.5. The molecule has 24 heavy (non-hydrogen) atoms. The molecule has 0 saturated carbocycles. The van der Waals surface area contributed by atoms with Crippen LogP contribution in [0.5, 0.6) is 5.75 Å². The molecule has 0 amide bonds. The van der Waals surface area contributed by atoms with Crippen molar-refractivity contribution in [3.05, 3.63) is 60.2 Å². The van der Waals surface area contributed by atoms with E-state index < -0.39 is 0 Å². The molecule has 128 valence electrons. The van der Waals surface area contributed by atoms with E-state index >= 15 is 0 Å². The van der Waals surface area contributed by atoms with E-state index in [9.17, 15) is 0 Å². The molecule has 0 bridgehead atoms. The normalized spacial score (nSPS) is 16.8. The molecule has 1 aliphatic rings. The molecule has 0 unspecified atom stereocenters. The summed E-state index contributed by atoms with van der Waals surface area (Å²) in [5, 5.41) is 0. The highest BCUT2D eigenvalue weighted by Gasteiger charge is 2.20. The Morgan fingerprint density at radius 2 is 1.62 bits per heavy atom. The van der Waals surface area contributed by atoms with Crippen LogP contribution in [0.2, 0.25) is 0 Å². The molecule has 0 aromatic heterocycles. The first-order chi connectivity index (χ1) is 11.8. The van der Waals surface area contributed by atoms with Gasteiger partial charge in [-0.15, -0.1) is 0 Å². The lowest BCUT2D eigenvalue weighted by Gasteiger charge is -2.37. The van der Waals surface area contributed by atoms with Crippen LogP contribution in [0, 0.1) is 0 Å². The molecule has 1 atom stereocenters. The van der Waals surface area contributed by atoms with Gasteiger partial charge in [0.15, 0.2) is 0 Å².